The van der Waals surface area contributed by atoms with Gasteiger partial charge in [0.1, 0.15) is 6.61 Å². The normalized spacial score (nSPS) is 11.8. The summed E-state index contributed by atoms with van der Waals surface area (Å²) in [7, 11) is 0. The molecule has 1 aliphatic rings. The Bertz CT molecular complexity index is 1110. The number of nitrogens with zero attached hydrogens (tertiary/aromatic N) is 1. The zero-order chi connectivity index (χ0) is 20.9. The van der Waals surface area contributed by atoms with Crippen LogP contribution in [0.3, 0.4) is 0 Å². The number of carbonyl (C=O) groups excluding carboxylic acids is 1. The minimum Gasteiger partial charge on any atom is -0.449 e. The predicted octanol–water partition coefficient (Wildman–Crippen LogP) is 5.15. The van der Waals surface area contributed by atoms with Gasteiger partial charge in [-0.2, -0.15) is 0 Å². The summed E-state index contributed by atoms with van der Waals surface area (Å²) >= 11 is 5.54. The summed E-state index contributed by atoms with van der Waals surface area (Å²) in [5.74, 6) is 5.05. The Morgan fingerprint density at radius 2 is 1.80 bits per heavy atom. The lowest BCUT2D eigenvalue weighted by atomic mass is 9.98. The molecule has 30 heavy (non-hydrogen) atoms. The number of amides is 1. The molecule has 1 heterocycles. The first kappa shape index (κ1) is 19.9. The summed E-state index contributed by atoms with van der Waals surface area (Å²) in [4.78, 5) is 15.8. The molecule has 1 aromatic heterocycles. The van der Waals surface area contributed by atoms with Crippen molar-refractivity contribution >= 4 is 17.7 Å². The molecular weight excluding hydrogens is 403 g/mol. The standard InChI is InChI=1S/C24H18ClFN2O2/c25-23-22(26)13-16(14-28-23)7-5-6-12-27-24(29)30-15-21-19-10-3-1-8-17(19)18-9-2-4-11-20(18)21/h1-4,8-11,13-14,21H,6,12,15H2,(H,27,29). The highest BCUT2D eigenvalue weighted by molar-refractivity contribution is 6.29. The molecule has 0 radical (unpaired) electrons. The van der Waals surface area contributed by atoms with E-state index in [2.05, 4.69) is 46.4 Å². The van der Waals surface area contributed by atoms with Crippen molar-refractivity contribution in [3.63, 3.8) is 0 Å². The second kappa shape index (κ2) is 8.98. The number of rotatable bonds is 4. The summed E-state index contributed by atoms with van der Waals surface area (Å²) < 4.78 is 18.8. The highest BCUT2D eigenvalue weighted by Crippen LogP contribution is 2.44. The van der Waals surface area contributed by atoms with Gasteiger partial charge in [0.2, 0.25) is 0 Å². The number of benzene rings is 2. The fourth-order valence-corrected chi connectivity index (χ4v) is 3.63. The molecule has 0 unspecified atom stereocenters. The first-order chi connectivity index (χ1) is 14.6. The maximum Gasteiger partial charge on any atom is 0.407 e. The Balaban J connectivity index is 1.29. The molecule has 0 saturated heterocycles. The average Bonchev–Trinajstić information content (AvgIpc) is 3.08. The zero-order valence-corrected chi connectivity index (χ0v) is 16.7. The second-order valence-electron chi connectivity index (χ2n) is 6.80. The van der Waals surface area contributed by atoms with Gasteiger partial charge in [-0.1, -0.05) is 72.0 Å². The van der Waals surface area contributed by atoms with Crippen LogP contribution in [0.15, 0.2) is 60.8 Å². The lowest BCUT2D eigenvalue weighted by Gasteiger charge is -2.14. The Morgan fingerprint density at radius 1 is 1.13 bits per heavy atom. The smallest absolute Gasteiger partial charge is 0.407 e. The monoisotopic (exact) mass is 420 g/mol. The maximum absolute atomic E-state index is 13.3. The summed E-state index contributed by atoms with van der Waals surface area (Å²) in [6.45, 7) is 0.592. The number of carbonyl (C=O) groups is 1. The first-order valence-electron chi connectivity index (χ1n) is 9.52. The van der Waals surface area contributed by atoms with Crippen molar-refractivity contribution < 1.29 is 13.9 Å². The number of hydrogen-bond donors (Lipinski definition) is 1. The molecule has 0 saturated carbocycles. The van der Waals surface area contributed by atoms with Crippen molar-refractivity contribution in [2.45, 2.75) is 12.3 Å². The van der Waals surface area contributed by atoms with Gasteiger partial charge in [0.15, 0.2) is 11.0 Å². The fourth-order valence-electron chi connectivity index (χ4n) is 3.53. The lowest BCUT2D eigenvalue weighted by molar-refractivity contribution is 0.143. The molecule has 1 amide bonds. The molecule has 3 aromatic rings. The number of ether oxygens (including phenoxy) is 1. The van der Waals surface area contributed by atoms with E-state index in [1.165, 1.54) is 34.5 Å². The van der Waals surface area contributed by atoms with Crippen LogP contribution in [0.25, 0.3) is 11.1 Å². The van der Waals surface area contributed by atoms with E-state index in [-0.39, 0.29) is 17.7 Å². The Morgan fingerprint density at radius 3 is 2.47 bits per heavy atom. The van der Waals surface area contributed by atoms with Crippen molar-refractivity contribution in [3.05, 3.63) is 88.5 Å². The van der Waals surface area contributed by atoms with Crippen LogP contribution in [0, 0.1) is 17.7 Å². The molecule has 4 nitrogen and oxygen atoms in total. The highest BCUT2D eigenvalue weighted by atomic mass is 35.5. The molecule has 150 valence electrons. The zero-order valence-electron chi connectivity index (χ0n) is 16.0. The van der Waals surface area contributed by atoms with E-state index in [0.717, 1.165) is 0 Å². The van der Waals surface area contributed by atoms with Crippen LogP contribution in [0.5, 0.6) is 0 Å². The molecule has 4 rings (SSSR count). The lowest BCUT2D eigenvalue weighted by Crippen LogP contribution is -2.26. The van der Waals surface area contributed by atoms with E-state index >= 15 is 0 Å². The Labute approximate surface area is 179 Å². The number of alkyl carbamates (subject to hydrolysis) is 1. The van der Waals surface area contributed by atoms with Crippen LogP contribution < -0.4 is 5.32 Å². The summed E-state index contributed by atoms with van der Waals surface area (Å²) in [6.07, 6.45) is 1.31. The van der Waals surface area contributed by atoms with Crippen molar-refractivity contribution in [1.29, 1.82) is 0 Å². The van der Waals surface area contributed by atoms with E-state index in [4.69, 9.17) is 16.3 Å². The second-order valence-corrected chi connectivity index (χ2v) is 7.16. The van der Waals surface area contributed by atoms with Gasteiger partial charge in [-0.15, -0.1) is 0 Å². The van der Waals surface area contributed by atoms with Crippen molar-refractivity contribution in [3.8, 4) is 23.0 Å². The van der Waals surface area contributed by atoms with Crippen LogP contribution in [0.4, 0.5) is 9.18 Å². The van der Waals surface area contributed by atoms with E-state index in [1.807, 2.05) is 24.3 Å². The van der Waals surface area contributed by atoms with E-state index < -0.39 is 11.9 Å². The number of pyridine rings is 1. The molecule has 0 aliphatic heterocycles. The first-order valence-corrected chi connectivity index (χ1v) is 9.90. The molecule has 0 bridgehead atoms. The SMILES string of the molecule is O=C(NCCC#Cc1cnc(Cl)c(F)c1)OCC1c2ccccc2-c2ccccc21. The number of aromatic nitrogens is 1. The van der Waals surface area contributed by atoms with Crippen LogP contribution in [-0.2, 0) is 4.74 Å². The van der Waals surface area contributed by atoms with Crippen molar-refractivity contribution in [2.75, 3.05) is 13.2 Å². The third kappa shape index (κ3) is 4.29. The van der Waals surface area contributed by atoms with Gasteiger partial charge in [0.05, 0.1) is 0 Å². The number of nitrogens with one attached hydrogen (secondary N) is 1. The van der Waals surface area contributed by atoms with Crippen molar-refractivity contribution in [1.82, 2.24) is 10.3 Å². The highest BCUT2D eigenvalue weighted by Gasteiger charge is 2.28. The molecule has 0 fully saturated rings. The Kier molecular flexibility index (Phi) is 5.97. The number of hydrogen-bond acceptors (Lipinski definition) is 3. The van der Waals surface area contributed by atoms with Gasteiger partial charge >= 0.3 is 6.09 Å². The van der Waals surface area contributed by atoms with E-state index in [0.29, 0.717) is 18.5 Å². The van der Waals surface area contributed by atoms with Crippen LogP contribution in [0.2, 0.25) is 5.15 Å². The van der Waals surface area contributed by atoms with E-state index in [1.54, 1.807) is 0 Å². The minimum atomic E-state index is -0.611. The van der Waals surface area contributed by atoms with Gasteiger partial charge in [-0.05, 0) is 28.3 Å². The maximum atomic E-state index is 13.3. The number of halogens is 2. The molecule has 0 atom stereocenters. The van der Waals surface area contributed by atoms with Crippen LogP contribution >= 0.6 is 11.6 Å². The number of fused-ring (bicyclic) bond motifs is 3. The van der Waals surface area contributed by atoms with Gasteiger partial charge in [-0.25, -0.2) is 14.2 Å². The Hall–Kier alpha value is -3.36. The molecular formula is C24H18ClFN2O2. The van der Waals surface area contributed by atoms with Gasteiger partial charge in [0, 0.05) is 30.6 Å². The van der Waals surface area contributed by atoms with Crippen LogP contribution in [-0.4, -0.2) is 24.2 Å². The van der Waals surface area contributed by atoms with Crippen LogP contribution in [0.1, 0.15) is 29.0 Å². The summed E-state index contributed by atoms with van der Waals surface area (Å²) in [6, 6.07) is 17.6. The average molecular weight is 421 g/mol. The minimum absolute atomic E-state index is 0.0234. The summed E-state index contributed by atoms with van der Waals surface area (Å²) in [5, 5.41) is 2.50. The molecule has 1 aliphatic carbocycles. The van der Waals surface area contributed by atoms with Gasteiger partial charge in [0.25, 0.3) is 0 Å². The third-order valence-corrected chi connectivity index (χ3v) is 5.17. The molecule has 1 N–H and O–H groups in total. The topological polar surface area (TPSA) is 51.2 Å². The largest absolute Gasteiger partial charge is 0.449 e. The molecule has 2 aromatic carbocycles. The van der Waals surface area contributed by atoms with Gasteiger partial charge < -0.3 is 10.1 Å². The third-order valence-electron chi connectivity index (χ3n) is 4.89. The molecule has 0 spiro atoms. The quantitative estimate of drug-likeness (QED) is 0.360. The summed E-state index contributed by atoms with van der Waals surface area (Å²) in [5.41, 5.74) is 5.14. The fraction of sp³-hybridized carbons (Fsp3) is 0.167. The predicted molar refractivity (Wildman–Crippen MR) is 114 cm³/mol. The van der Waals surface area contributed by atoms with Crippen molar-refractivity contribution in [2.24, 2.45) is 0 Å². The molecule has 6 heteroatoms. The van der Waals surface area contributed by atoms with Gasteiger partial charge in [-0.3, -0.25) is 0 Å². The van der Waals surface area contributed by atoms with E-state index in [9.17, 15) is 9.18 Å².